The highest BCUT2D eigenvalue weighted by Gasteiger charge is 1.96. The molecule has 0 saturated carbocycles. The Balaban J connectivity index is 2.95. The fourth-order valence-electron chi connectivity index (χ4n) is 4.21. The van der Waals surface area contributed by atoms with Gasteiger partial charge in [0.1, 0.15) is 0 Å². The van der Waals surface area contributed by atoms with Crippen molar-refractivity contribution in [2.45, 2.75) is 167 Å². The smallest absolute Gasteiger partial charge is 0.0197 e. The van der Waals surface area contributed by atoms with Gasteiger partial charge in [0.15, 0.2) is 0 Å². The van der Waals surface area contributed by atoms with Crippen LogP contribution in [0.3, 0.4) is 0 Å². The predicted octanol–water partition coefficient (Wildman–Crippen LogP) is 9.61. The van der Waals surface area contributed by atoms with Gasteiger partial charge in [0, 0.05) is 9.52 Å². The fraction of sp³-hybridized carbons (Fsp3) is 1.00. The van der Waals surface area contributed by atoms with Gasteiger partial charge in [-0.2, -0.15) is 0 Å². The molecule has 0 aliphatic rings. The average molecular weight is 397 g/mol. The van der Waals surface area contributed by atoms with Crippen molar-refractivity contribution < 1.29 is 0 Å². The fourth-order valence-corrected chi connectivity index (χ4v) is 5.98. The van der Waals surface area contributed by atoms with E-state index < -0.39 is 0 Å². The molecule has 0 atom stereocenters. The van der Waals surface area contributed by atoms with Gasteiger partial charge in [-0.3, -0.25) is 0 Å². The van der Waals surface area contributed by atoms with E-state index in [4.69, 9.17) is 0 Å². The molecule has 0 bridgehead atoms. The second-order valence-corrected chi connectivity index (χ2v) is 11.3. The van der Waals surface area contributed by atoms with E-state index in [0.29, 0.717) is 9.52 Å². The molecule has 0 aromatic heterocycles. The van der Waals surface area contributed by atoms with Crippen LogP contribution in [-0.2, 0) is 0 Å². The predicted molar refractivity (Wildman–Crippen MR) is 131 cm³/mol. The Hall–Kier alpha value is 0.217. The van der Waals surface area contributed by atoms with Crippen molar-refractivity contribution in [2.24, 2.45) is 0 Å². The molecule has 0 spiro atoms. The first-order valence-electron chi connectivity index (χ1n) is 13.4. The highest BCUT2D eigenvalue weighted by molar-refractivity contribution is 6.35. The van der Waals surface area contributed by atoms with Crippen molar-refractivity contribution in [1.82, 2.24) is 0 Å². The zero-order chi connectivity index (χ0) is 19.7. The first-order chi connectivity index (χ1) is 13.4. The van der Waals surface area contributed by atoms with Gasteiger partial charge in [0.2, 0.25) is 0 Å². The van der Waals surface area contributed by atoms with Crippen LogP contribution >= 0.6 is 0 Å². The summed E-state index contributed by atoms with van der Waals surface area (Å²) in [6.45, 7) is 4.61. The number of unbranched alkanes of at least 4 members (excludes halogenated alkanes) is 20. The Kier molecular flexibility index (Phi) is 26.4. The van der Waals surface area contributed by atoms with Crippen LogP contribution in [0.2, 0.25) is 12.1 Å². The van der Waals surface area contributed by atoms with Gasteiger partial charge in [-0.05, 0) is 0 Å². The molecular weight excluding hydrogens is 340 g/mol. The molecule has 0 rings (SSSR count). The molecule has 1 heteroatoms. The highest BCUT2D eigenvalue weighted by Crippen LogP contribution is 2.14. The molecule has 164 valence electrons. The summed E-state index contributed by atoms with van der Waals surface area (Å²) >= 11 is 0. The minimum absolute atomic E-state index is 0.299. The third-order valence-corrected chi connectivity index (χ3v) is 8.21. The number of hydrogen-bond acceptors (Lipinski definition) is 0. The van der Waals surface area contributed by atoms with E-state index in [2.05, 4.69) is 13.8 Å². The molecule has 0 aliphatic carbocycles. The van der Waals surface area contributed by atoms with Gasteiger partial charge < -0.3 is 0 Å². The van der Waals surface area contributed by atoms with Gasteiger partial charge in [-0.25, -0.2) is 0 Å². The SMILES string of the molecule is CCCCCCCCCCCCC[SiH2]CCCCCCCCCCCCC. The maximum absolute atomic E-state index is 2.31. The molecule has 0 fully saturated rings. The molecule has 0 N–H and O–H groups in total. The lowest BCUT2D eigenvalue weighted by Gasteiger charge is -2.04. The van der Waals surface area contributed by atoms with E-state index in [9.17, 15) is 0 Å². The van der Waals surface area contributed by atoms with Crippen molar-refractivity contribution in [1.29, 1.82) is 0 Å². The van der Waals surface area contributed by atoms with E-state index in [-0.39, 0.29) is 0 Å². The van der Waals surface area contributed by atoms with Crippen LogP contribution in [0.5, 0.6) is 0 Å². The van der Waals surface area contributed by atoms with Crippen LogP contribution in [-0.4, -0.2) is 9.52 Å². The maximum Gasteiger partial charge on any atom is 0.0197 e. The summed E-state index contributed by atoms with van der Waals surface area (Å²) in [5.74, 6) is 0. The summed E-state index contributed by atoms with van der Waals surface area (Å²) in [5.41, 5.74) is 0. The zero-order valence-electron chi connectivity index (χ0n) is 19.7. The second-order valence-electron chi connectivity index (χ2n) is 9.13. The molecule has 0 aliphatic heterocycles. The molecule has 0 heterocycles. The largest absolute Gasteiger partial charge is 0.0654 e. The van der Waals surface area contributed by atoms with Crippen LogP contribution in [0.15, 0.2) is 0 Å². The lowest BCUT2D eigenvalue weighted by atomic mass is 10.1. The Morgan fingerprint density at radius 1 is 0.296 bits per heavy atom. The summed E-state index contributed by atoms with van der Waals surface area (Å²) < 4.78 is 0. The molecule has 0 radical (unpaired) electrons. The van der Waals surface area contributed by atoms with Gasteiger partial charge in [0.05, 0.1) is 0 Å². The van der Waals surface area contributed by atoms with Crippen molar-refractivity contribution >= 4 is 9.52 Å². The normalized spacial score (nSPS) is 11.3. The summed E-state index contributed by atoms with van der Waals surface area (Å²) in [5, 5.41) is 0. The molecule has 0 saturated heterocycles. The molecule has 0 nitrogen and oxygen atoms in total. The van der Waals surface area contributed by atoms with Gasteiger partial charge in [0.25, 0.3) is 0 Å². The first kappa shape index (κ1) is 27.2. The quantitative estimate of drug-likeness (QED) is 0.112. The van der Waals surface area contributed by atoms with Crippen LogP contribution in [0.4, 0.5) is 0 Å². The van der Waals surface area contributed by atoms with Crippen LogP contribution in [0.1, 0.15) is 155 Å². The van der Waals surface area contributed by atoms with Crippen LogP contribution in [0.25, 0.3) is 0 Å². The summed E-state index contributed by atoms with van der Waals surface area (Å²) in [4.78, 5) is 0. The van der Waals surface area contributed by atoms with Crippen molar-refractivity contribution in [3.63, 3.8) is 0 Å². The van der Waals surface area contributed by atoms with Crippen molar-refractivity contribution in [3.8, 4) is 0 Å². The maximum atomic E-state index is 2.31. The Labute approximate surface area is 176 Å². The van der Waals surface area contributed by atoms with E-state index in [1.54, 1.807) is 24.9 Å². The van der Waals surface area contributed by atoms with E-state index in [1.165, 1.54) is 128 Å². The minimum Gasteiger partial charge on any atom is -0.0654 e. The summed E-state index contributed by atoms with van der Waals surface area (Å²) in [6.07, 6.45) is 32.8. The average Bonchev–Trinajstić information content (AvgIpc) is 2.68. The summed E-state index contributed by atoms with van der Waals surface area (Å²) in [6, 6.07) is 3.27. The highest BCUT2D eigenvalue weighted by atomic mass is 28.2. The minimum atomic E-state index is 0.299. The molecular formula is C26H56Si. The van der Waals surface area contributed by atoms with E-state index >= 15 is 0 Å². The third kappa shape index (κ3) is 26.2. The van der Waals surface area contributed by atoms with Gasteiger partial charge >= 0.3 is 0 Å². The zero-order valence-corrected chi connectivity index (χ0v) is 21.1. The lowest BCUT2D eigenvalue weighted by molar-refractivity contribution is 0.552. The van der Waals surface area contributed by atoms with Gasteiger partial charge in [-0.15, -0.1) is 0 Å². The molecule has 0 amide bonds. The Bertz CT molecular complexity index is 214. The standard InChI is InChI=1S/C26H56Si/c1-3-5-7-9-11-13-15-17-19-21-23-25-27-26-24-22-20-18-16-14-12-10-8-6-4-2/h3-27H2,1-2H3. The molecule has 0 unspecified atom stereocenters. The molecule has 27 heavy (non-hydrogen) atoms. The monoisotopic (exact) mass is 396 g/mol. The van der Waals surface area contributed by atoms with Crippen molar-refractivity contribution in [3.05, 3.63) is 0 Å². The molecule has 0 aromatic rings. The Morgan fingerprint density at radius 3 is 0.778 bits per heavy atom. The van der Waals surface area contributed by atoms with E-state index in [1.807, 2.05) is 0 Å². The van der Waals surface area contributed by atoms with E-state index in [0.717, 1.165) is 0 Å². The summed E-state index contributed by atoms with van der Waals surface area (Å²) in [7, 11) is 0.299. The number of hydrogen-bond donors (Lipinski definition) is 0. The number of rotatable bonds is 24. The second kappa shape index (κ2) is 26.2. The third-order valence-electron chi connectivity index (χ3n) is 6.21. The molecule has 0 aromatic carbocycles. The lowest BCUT2D eigenvalue weighted by Crippen LogP contribution is -1.90. The van der Waals surface area contributed by atoms with Crippen LogP contribution < -0.4 is 0 Å². The first-order valence-corrected chi connectivity index (χ1v) is 15.4. The van der Waals surface area contributed by atoms with Crippen molar-refractivity contribution in [2.75, 3.05) is 0 Å². The Morgan fingerprint density at radius 2 is 0.519 bits per heavy atom. The van der Waals surface area contributed by atoms with Crippen LogP contribution in [0, 0.1) is 0 Å². The topological polar surface area (TPSA) is 0 Å². The van der Waals surface area contributed by atoms with Gasteiger partial charge in [-0.1, -0.05) is 167 Å².